The number of rotatable bonds is 12. The van der Waals surface area contributed by atoms with Crippen LogP contribution >= 0.6 is 0 Å². The van der Waals surface area contributed by atoms with Crippen LogP contribution in [0.25, 0.3) is 0 Å². The molecule has 0 aliphatic rings. The molecule has 11 nitrogen and oxygen atoms in total. The minimum atomic E-state index is -1.16. The Morgan fingerprint density at radius 1 is 1.17 bits per heavy atom. The summed E-state index contributed by atoms with van der Waals surface area (Å²) < 4.78 is 9.67. The van der Waals surface area contributed by atoms with Gasteiger partial charge in [-0.1, -0.05) is 26.0 Å². The van der Waals surface area contributed by atoms with Crippen LogP contribution in [0.1, 0.15) is 42.6 Å². The number of carbonyl (C=O) groups excluding carboxylic acids is 2. The number of carboxylic acids is 1. The van der Waals surface area contributed by atoms with E-state index in [0.717, 1.165) is 0 Å². The molecule has 1 rings (SSSR count). The number of hydrogen-bond donors (Lipinski definition) is 2. The fourth-order valence-corrected chi connectivity index (χ4v) is 2.56. The van der Waals surface area contributed by atoms with Crippen molar-refractivity contribution >= 4 is 17.9 Å². The highest BCUT2D eigenvalue weighted by Gasteiger charge is 2.29. The molecule has 3 N–H and O–H groups in total. The van der Waals surface area contributed by atoms with E-state index >= 15 is 0 Å². The van der Waals surface area contributed by atoms with Crippen LogP contribution < -0.4 is 5.73 Å². The van der Waals surface area contributed by atoms with Crippen LogP contribution in [0.4, 0.5) is 0 Å². The first-order chi connectivity index (χ1) is 13.6. The van der Waals surface area contributed by atoms with Gasteiger partial charge in [-0.25, -0.2) is 4.79 Å². The van der Waals surface area contributed by atoms with Gasteiger partial charge in [0.2, 0.25) is 6.79 Å². The summed E-state index contributed by atoms with van der Waals surface area (Å²) in [7, 11) is 0. The second-order valence-corrected chi connectivity index (χ2v) is 6.72. The Labute approximate surface area is 166 Å². The van der Waals surface area contributed by atoms with Crippen LogP contribution in [0, 0.1) is 22.0 Å². The highest BCUT2D eigenvalue weighted by atomic mass is 16.9. The molecule has 0 fully saturated rings. The SMILES string of the molecule is CC(C)CC(CC(=O)O)[C@H](N)C(=O)OCOC(=O)c1ccc(CO[N+](=O)[O-])cc1. The van der Waals surface area contributed by atoms with Crippen molar-refractivity contribution in [3.05, 3.63) is 45.5 Å². The van der Waals surface area contributed by atoms with Crippen molar-refractivity contribution in [1.29, 1.82) is 0 Å². The highest BCUT2D eigenvalue weighted by Crippen LogP contribution is 2.19. The molecule has 29 heavy (non-hydrogen) atoms. The van der Waals surface area contributed by atoms with Crippen molar-refractivity contribution in [2.75, 3.05) is 6.79 Å². The van der Waals surface area contributed by atoms with Crippen molar-refractivity contribution in [3.63, 3.8) is 0 Å². The maximum atomic E-state index is 12.0. The first-order valence-corrected chi connectivity index (χ1v) is 8.77. The lowest BCUT2D eigenvalue weighted by molar-refractivity contribution is -0.763. The first-order valence-electron chi connectivity index (χ1n) is 8.77. The van der Waals surface area contributed by atoms with Crippen LogP contribution in [-0.4, -0.2) is 40.9 Å². The topological polar surface area (TPSA) is 168 Å². The van der Waals surface area contributed by atoms with E-state index in [2.05, 4.69) is 4.84 Å². The van der Waals surface area contributed by atoms with Gasteiger partial charge in [-0.15, -0.1) is 10.1 Å². The van der Waals surface area contributed by atoms with E-state index < -0.39 is 41.7 Å². The Kier molecular flexibility index (Phi) is 9.52. The van der Waals surface area contributed by atoms with E-state index in [1.165, 1.54) is 24.3 Å². The van der Waals surface area contributed by atoms with Crippen LogP contribution in [0.2, 0.25) is 0 Å². The van der Waals surface area contributed by atoms with Gasteiger partial charge in [0, 0.05) is 0 Å². The molecule has 0 spiro atoms. The third kappa shape index (κ3) is 9.02. The van der Waals surface area contributed by atoms with Crippen LogP contribution in [0.5, 0.6) is 0 Å². The van der Waals surface area contributed by atoms with Gasteiger partial charge in [-0.05, 0) is 36.0 Å². The number of carbonyl (C=O) groups is 3. The molecule has 0 bridgehead atoms. The molecule has 0 amide bonds. The first kappa shape index (κ1) is 23.8. The predicted molar refractivity (Wildman–Crippen MR) is 97.8 cm³/mol. The zero-order valence-electron chi connectivity index (χ0n) is 16.1. The molecule has 0 aliphatic carbocycles. The van der Waals surface area contributed by atoms with E-state index in [4.69, 9.17) is 20.3 Å². The zero-order chi connectivity index (χ0) is 22.0. The minimum absolute atomic E-state index is 0.134. The summed E-state index contributed by atoms with van der Waals surface area (Å²) in [5, 5.41) is 18.2. The Morgan fingerprint density at radius 3 is 2.31 bits per heavy atom. The molecule has 11 heteroatoms. The average Bonchev–Trinajstić information content (AvgIpc) is 2.64. The number of nitrogens with zero attached hydrogens (tertiary/aromatic N) is 1. The number of aliphatic carboxylic acids is 1. The monoisotopic (exact) mass is 412 g/mol. The smallest absolute Gasteiger partial charge is 0.340 e. The largest absolute Gasteiger partial charge is 0.481 e. The fourth-order valence-electron chi connectivity index (χ4n) is 2.56. The average molecular weight is 412 g/mol. The molecule has 0 saturated carbocycles. The van der Waals surface area contributed by atoms with Crippen LogP contribution in [0.15, 0.2) is 24.3 Å². The molecule has 1 aromatic rings. The van der Waals surface area contributed by atoms with Gasteiger partial charge in [0.1, 0.15) is 12.6 Å². The van der Waals surface area contributed by atoms with E-state index in [-0.39, 0.29) is 24.5 Å². The van der Waals surface area contributed by atoms with Gasteiger partial charge in [-0.2, -0.15) is 0 Å². The number of nitrogens with two attached hydrogens (primary N) is 1. The maximum absolute atomic E-state index is 12.0. The molecule has 1 unspecified atom stereocenters. The van der Waals surface area contributed by atoms with E-state index in [0.29, 0.717) is 12.0 Å². The number of esters is 2. The molecule has 2 atom stereocenters. The Hall–Kier alpha value is -3.21. The van der Waals surface area contributed by atoms with E-state index in [9.17, 15) is 24.5 Å². The maximum Gasteiger partial charge on any atom is 0.340 e. The summed E-state index contributed by atoms with van der Waals surface area (Å²) >= 11 is 0. The number of benzene rings is 1. The van der Waals surface area contributed by atoms with Crippen molar-refractivity contribution in [3.8, 4) is 0 Å². The van der Waals surface area contributed by atoms with Gasteiger partial charge in [0.25, 0.3) is 5.09 Å². The third-order valence-corrected chi connectivity index (χ3v) is 3.91. The summed E-state index contributed by atoms with van der Waals surface area (Å²) in [5.41, 5.74) is 6.43. The van der Waals surface area contributed by atoms with Gasteiger partial charge < -0.3 is 25.2 Å². The highest BCUT2D eigenvalue weighted by molar-refractivity contribution is 5.89. The molecular weight excluding hydrogens is 388 g/mol. The molecular formula is C18H24N2O9. The summed E-state index contributed by atoms with van der Waals surface area (Å²) in [6.45, 7) is 2.82. The lowest BCUT2D eigenvalue weighted by Gasteiger charge is -2.22. The van der Waals surface area contributed by atoms with Crippen LogP contribution in [0.3, 0.4) is 0 Å². The molecule has 0 radical (unpaired) electrons. The number of hydrogen-bond acceptors (Lipinski definition) is 9. The molecule has 0 aliphatic heterocycles. The Bertz CT molecular complexity index is 719. The molecule has 0 aromatic heterocycles. The summed E-state index contributed by atoms with van der Waals surface area (Å²) in [5.74, 6) is -3.19. The summed E-state index contributed by atoms with van der Waals surface area (Å²) in [6, 6.07) is 4.49. The third-order valence-electron chi connectivity index (χ3n) is 3.91. The lowest BCUT2D eigenvalue weighted by atomic mass is 9.88. The standard InChI is InChI=1S/C18H24N2O9/c1-11(2)7-14(8-15(21)22)16(19)18(24)28-10-27-17(23)13-5-3-12(4-6-13)9-29-20(25)26/h3-6,11,14,16H,7-10,19H2,1-2H3,(H,21,22)/t14?,16-/m0/s1. The van der Waals surface area contributed by atoms with Crippen molar-refractivity contribution in [2.45, 2.75) is 39.3 Å². The van der Waals surface area contributed by atoms with Crippen molar-refractivity contribution in [1.82, 2.24) is 0 Å². The van der Waals surface area contributed by atoms with E-state index in [1.807, 2.05) is 13.8 Å². The second-order valence-electron chi connectivity index (χ2n) is 6.72. The Balaban J connectivity index is 2.51. The van der Waals surface area contributed by atoms with Crippen molar-refractivity contribution in [2.24, 2.45) is 17.6 Å². The molecule has 0 heterocycles. The summed E-state index contributed by atoms with van der Waals surface area (Å²) in [4.78, 5) is 49.3. The van der Waals surface area contributed by atoms with Gasteiger partial charge >= 0.3 is 17.9 Å². The predicted octanol–water partition coefficient (Wildman–Crippen LogP) is 1.52. The molecule has 160 valence electrons. The van der Waals surface area contributed by atoms with Gasteiger partial charge in [-0.3, -0.25) is 9.59 Å². The fraction of sp³-hybridized carbons (Fsp3) is 0.500. The number of carboxylic acid groups (broad SMARTS) is 1. The lowest BCUT2D eigenvalue weighted by Crippen LogP contribution is -2.41. The normalized spacial score (nSPS) is 12.7. The van der Waals surface area contributed by atoms with E-state index in [1.54, 1.807) is 0 Å². The summed E-state index contributed by atoms with van der Waals surface area (Å²) in [6.07, 6.45) is 0.148. The van der Waals surface area contributed by atoms with Gasteiger partial charge in [0.05, 0.1) is 12.0 Å². The second kappa shape index (κ2) is 11.6. The quantitative estimate of drug-likeness (QED) is 0.222. The minimum Gasteiger partial charge on any atom is -0.481 e. The Morgan fingerprint density at radius 2 is 1.79 bits per heavy atom. The molecule has 0 saturated heterocycles. The molecule has 1 aromatic carbocycles. The number of ether oxygens (including phenoxy) is 2. The van der Waals surface area contributed by atoms with Crippen LogP contribution in [-0.2, 0) is 30.5 Å². The van der Waals surface area contributed by atoms with Crippen molar-refractivity contribution < 1.29 is 38.9 Å². The zero-order valence-corrected chi connectivity index (χ0v) is 16.1. The van der Waals surface area contributed by atoms with Gasteiger partial charge in [0.15, 0.2) is 0 Å².